The van der Waals surface area contributed by atoms with Crippen LogP contribution >= 0.6 is 0 Å². The van der Waals surface area contributed by atoms with Gasteiger partial charge in [-0.15, -0.1) is 0 Å². The third-order valence-electron chi connectivity index (χ3n) is 5.29. The average molecular weight is 286 g/mol. The molecule has 0 radical (unpaired) electrons. The van der Waals surface area contributed by atoms with Crippen LogP contribution in [0.1, 0.15) is 39.0 Å². The summed E-state index contributed by atoms with van der Waals surface area (Å²) < 4.78 is 0. The smallest absolute Gasteiger partial charge is 0.241 e. The van der Waals surface area contributed by atoms with Gasteiger partial charge in [0.1, 0.15) is 0 Å². The minimum atomic E-state index is -0.0342. The van der Waals surface area contributed by atoms with Gasteiger partial charge in [0, 0.05) is 12.2 Å². The highest BCUT2D eigenvalue weighted by atomic mass is 16.2. The molecule has 1 amide bonds. The second-order valence-electron chi connectivity index (χ2n) is 6.62. The molecular formula is C18H26N2O. The Kier molecular flexibility index (Phi) is 4.59. The van der Waals surface area contributed by atoms with E-state index in [9.17, 15) is 4.79 Å². The van der Waals surface area contributed by atoms with E-state index < -0.39 is 0 Å². The first-order valence-electron chi connectivity index (χ1n) is 8.34. The highest BCUT2D eigenvalue weighted by molar-refractivity contribution is 5.94. The van der Waals surface area contributed by atoms with Gasteiger partial charge in [0.15, 0.2) is 0 Å². The third-order valence-corrected chi connectivity index (χ3v) is 5.29. The molecule has 0 bridgehead atoms. The molecule has 0 unspecified atom stereocenters. The van der Waals surface area contributed by atoms with Gasteiger partial charge >= 0.3 is 0 Å². The first-order chi connectivity index (χ1) is 10.2. The van der Waals surface area contributed by atoms with Gasteiger partial charge in [-0.2, -0.15) is 0 Å². The molecule has 1 aliphatic heterocycles. The van der Waals surface area contributed by atoms with Crippen LogP contribution in [0.4, 0.5) is 5.69 Å². The number of carbonyl (C=O) groups is 1. The van der Waals surface area contributed by atoms with Crippen LogP contribution in [0.3, 0.4) is 0 Å². The highest BCUT2D eigenvalue weighted by Crippen LogP contribution is 2.36. The summed E-state index contributed by atoms with van der Waals surface area (Å²) in [6.07, 6.45) is 6.82. The fourth-order valence-corrected chi connectivity index (χ4v) is 3.91. The maximum atomic E-state index is 12.4. The Balaban J connectivity index is 1.57. The van der Waals surface area contributed by atoms with Crippen molar-refractivity contribution in [3.8, 4) is 0 Å². The van der Waals surface area contributed by atoms with Crippen LogP contribution in [0.2, 0.25) is 0 Å². The summed E-state index contributed by atoms with van der Waals surface area (Å²) in [5.74, 6) is 1.86. The molecule has 2 aliphatic rings. The molecule has 1 aliphatic carbocycles. The fourth-order valence-electron chi connectivity index (χ4n) is 3.91. The predicted octanol–water partition coefficient (Wildman–Crippen LogP) is 3.53. The maximum absolute atomic E-state index is 12.4. The van der Waals surface area contributed by atoms with Crippen LogP contribution < -0.4 is 5.32 Å². The summed E-state index contributed by atoms with van der Waals surface area (Å²) in [6, 6.07) is 9.72. The number of likely N-dealkylation sites (tertiary alicyclic amines) is 1. The molecule has 1 aromatic carbocycles. The maximum Gasteiger partial charge on any atom is 0.241 e. The Morgan fingerprint density at radius 1 is 1.14 bits per heavy atom. The van der Waals surface area contributed by atoms with E-state index >= 15 is 0 Å². The van der Waals surface area contributed by atoms with Crippen molar-refractivity contribution in [2.45, 2.75) is 45.1 Å². The molecule has 1 heterocycles. The topological polar surface area (TPSA) is 32.3 Å². The van der Waals surface area contributed by atoms with Crippen molar-refractivity contribution >= 4 is 11.6 Å². The zero-order chi connectivity index (χ0) is 14.7. The summed E-state index contributed by atoms with van der Waals surface area (Å²) in [4.78, 5) is 14.8. The van der Waals surface area contributed by atoms with Crippen molar-refractivity contribution in [1.29, 1.82) is 0 Å². The monoisotopic (exact) mass is 286 g/mol. The number of para-hydroxylation sites is 1. The van der Waals surface area contributed by atoms with E-state index in [0.29, 0.717) is 0 Å². The Bertz CT molecular complexity index is 473. The van der Waals surface area contributed by atoms with Crippen molar-refractivity contribution in [3.63, 3.8) is 0 Å². The zero-order valence-electron chi connectivity index (χ0n) is 12.9. The van der Waals surface area contributed by atoms with E-state index in [1.165, 1.54) is 32.1 Å². The number of hydrogen-bond donors (Lipinski definition) is 1. The number of nitrogens with zero attached hydrogens (tertiary/aromatic N) is 1. The molecule has 3 atom stereocenters. The van der Waals surface area contributed by atoms with E-state index in [-0.39, 0.29) is 11.9 Å². The molecule has 1 saturated heterocycles. The number of fused-ring (bicyclic) bond motifs is 1. The van der Waals surface area contributed by atoms with Gasteiger partial charge in [0.25, 0.3) is 0 Å². The Labute approximate surface area is 127 Å². The molecule has 1 aromatic rings. The van der Waals surface area contributed by atoms with E-state index in [2.05, 4.69) is 10.2 Å². The van der Waals surface area contributed by atoms with Gasteiger partial charge < -0.3 is 5.32 Å². The third kappa shape index (κ3) is 3.46. The van der Waals surface area contributed by atoms with Gasteiger partial charge in [-0.05, 0) is 50.3 Å². The van der Waals surface area contributed by atoms with E-state index in [1.807, 2.05) is 37.3 Å². The van der Waals surface area contributed by atoms with Crippen LogP contribution in [0.5, 0.6) is 0 Å². The lowest BCUT2D eigenvalue weighted by molar-refractivity contribution is -0.122. The van der Waals surface area contributed by atoms with Crippen LogP contribution in [0.25, 0.3) is 0 Å². The molecule has 2 fully saturated rings. The Morgan fingerprint density at radius 3 is 2.62 bits per heavy atom. The van der Waals surface area contributed by atoms with Gasteiger partial charge in [0.2, 0.25) is 5.91 Å². The lowest BCUT2D eigenvalue weighted by atomic mass is 9.75. The molecule has 0 spiro atoms. The summed E-state index contributed by atoms with van der Waals surface area (Å²) in [5.41, 5.74) is 0.891. The minimum Gasteiger partial charge on any atom is -0.325 e. The summed E-state index contributed by atoms with van der Waals surface area (Å²) in [6.45, 7) is 4.22. The standard InChI is InChI=1S/C18H26N2O/c1-14(18(21)19-17-9-3-2-4-10-17)20-12-11-15-7-5-6-8-16(15)13-20/h2-4,9-10,14-16H,5-8,11-13H2,1H3,(H,19,21)/t14-,15+,16-/m1/s1. The summed E-state index contributed by atoms with van der Waals surface area (Å²) in [5, 5.41) is 3.03. The predicted molar refractivity (Wildman–Crippen MR) is 86.2 cm³/mol. The van der Waals surface area contributed by atoms with Gasteiger partial charge in [-0.25, -0.2) is 0 Å². The van der Waals surface area contributed by atoms with Gasteiger partial charge in [-0.3, -0.25) is 9.69 Å². The lowest BCUT2D eigenvalue weighted by Crippen LogP contribution is -2.49. The number of carbonyl (C=O) groups excluding carboxylic acids is 1. The second kappa shape index (κ2) is 6.61. The molecule has 0 aromatic heterocycles. The molecular weight excluding hydrogens is 260 g/mol. The van der Waals surface area contributed by atoms with Crippen molar-refractivity contribution in [3.05, 3.63) is 30.3 Å². The quantitative estimate of drug-likeness (QED) is 0.922. The van der Waals surface area contributed by atoms with Crippen LogP contribution in [0.15, 0.2) is 30.3 Å². The Hall–Kier alpha value is -1.35. The normalized spacial score (nSPS) is 27.7. The van der Waals surface area contributed by atoms with Crippen LogP contribution in [0, 0.1) is 11.8 Å². The van der Waals surface area contributed by atoms with E-state index in [4.69, 9.17) is 0 Å². The number of hydrogen-bond acceptors (Lipinski definition) is 2. The van der Waals surface area contributed by atoms with E-state index in [1.54, 1.807) is 0 Å². The lowest BCUT2D eigenvalue weighted by Gasteiger charge is -2.43. The summed E-state index contributed by atoms with van der Waals surface area (Å²) in [7, 11) is 0. The van der Waals surface area contributed by atoms with Crippen molar-refractivity contribution in [2.75, 3.05) is 18.4 Å². The molecule has 114 valence electrons. The largest absolute Gasteiger partial charge is 0.325 e. The number of nitrogens with one attached hydrogen (secondary N) is 1. The van der Waals surface area contributed by atoms with Crippen LogP contribution in [-0.2, 0) is 4.79 Å². The SMILES string of the molecule is C[C@H](C(=O)Nc1ccccc1)N1CC[C@@H]2CCCC[C@@H]2C1. The molecule has 3 rings (SSSR count). The molecule has 3 heteroatoms. The molecule has 1 saturated carbocycles. The van der Waals surface area contributed by atoms with Crippen molar-refractivity contribution < 1.29 is 4.79 Å². The van der Waals surface area contributed by atoms with Crippen LogP contribution in [-0.4, -0.2) is 29.9 Å². The number of piperidine rings is 1. The number of rotatable bonds is 3. The second-order valence-corrected chi connectivity index (χ2v) is 6.62. The first-order valence-corrected chi connectivity index (χ1v) is 8.34. The van der Waals surface area contributed by atoms with Crippen molar-refractivity contribution in [1.82, 2.24) is 4.90 Å². The highest BCUT2D eigenvalue weighted by Gasteiger charge is 2.34. The first kappa shape index (κ1) is 14.6. The van der Waals surface area contributed by atoms with E-state index in [0.717, 1.165) is 30.6 Å². The zero-order valence-corrected chi connectivity index (χ0v) is 12.9. The molecule has 3 nitrogen and oxygen atoms in total. The fraction of sp³-hybridized carbons (Fsp3) is 0.611. The molecule has 1 N–H and O–H groups in total. The Morgan fingerprint density at radius 2 is 1.86 bits per heavy atom. The number of amides is 1. The van der Waals surface area contributed by atoms with Gasteiger partial charge in [0.05, 0.1) is 6.04 Å². The van der Waals surface area contributed by atoms with Crippen molar-refractivity contribution in [2.24, 2.45) is 11.8 Å². The minimum absolute atomic E-state index is 0.0342. The average Bonchev–Trinajstić information content (AvgIpc) is 2.54. The number of anilines is 1. The van der Waals surface area contributed by atoms with Gasteiger partial charge in [-0.1, -0.05) is 37.5 Å². The summed E-state index contributed by atoms with van der Waals surface area (Å²) >= 11 is 0. The number of benzene rings is 1. The molecule has 21 heavy (non-hydrogen) atoms.